The van der Waals surface area contributed by atoms with E-state index in [9.17, 15) is 9.59 Å². The molecule has 6 nitrogen and oxygen atoms in total. The number of ether oxygens (including phenoxy) is 1. The van der Waals surface area contributed by atoms with Crippen molar-refractivity contribution in [2.45, 2.75) is 103 Å². The zero-order chi connectivity index (χ0) is 21.4. The van der Waals surface area contributed by atoms with Gasteiger partial charge in [0.25, 0.3) is 0 Å². The topological polar surface area (TPSA) is 71.1 Å². The molecule has 0 heterocycles. The molecular weight excluding hydrogens is 384 g/mol. The first-order valence-corrected chi connectivity index (χ1v) is 11.5. The van der Waals surface area contributed by atoms with Crippen LogP contribution in [0.5, 0.6) is 0 Å². The van der Waals surface area contributed by atoms with Crippen molar-refractivity contribution < 1.29 is 29.1 Å². The van der Waals surface area contributed by atoms with Gasteiger partial charge in [0.15, 0.2) is 0 Å². The fourth-order valence-corrected chi connectivity index (χ4v) is 3.71. The number of hydrogen-bond donors (Lipinski definition) is 0. The number of benzene rings is 1. The van der Waals surface area contributed by atoms with Crippen molar-refractivity contribution in [3.8, 4) is 0 Å². The monoisotopic (exact) mass is 420 g/mol. The van der Waals surface area contributed by atoms with Crippen LogP contribution in [0, 0.1) is 0 Å². The van der Waals surface area contributed by atoms with Crippen molar-refractivity contribution in [1.29, 1.82) is 0 Å². The van der Waals surface area contributed by atoms with Crippen molar-refractivity contribution in [1.82, 2.24) is 0 Å². The van der Waals surface area contributed by atoms with Crippen LogP contribution in [-0.2, 0) is 26.0 Å². The minimum Gasteiger partial charge on any atom is -0.429 e. The normalized spacial score (nSPS) is 16.7. The molecule has 0 aromatic heterocycles. The summed E-state index contributed by atoms with van der Waals surface area (Å²) in [6, 6.07) is 7.09. The summed E-state index contributed by atoms with van der Waals surface area (Å²) in [6.07, 6.45) is 14.4. The Hall–Kier alpha value is -2.08. The van der Waals surface area contributed by atoms with Crippen molar-refractivity contribution in [3.63, 3.8) is 0 Å². The van der Waals surface area contributed by atoms with Gasteiger partial charge < -0.3 is 4.74 Å². The lowest BCUT2D eigenvalue weighted by atomic mass is 9.99. The molecule has 0 amide bonds. The highest BCUT2D eigenvalue weighted by atomic mass is 17.5. The number of aryl methyl sites for hydroxylation is 1. The molecule has 30 heavy (non-hydrogen) atoms. The smallest absolute Gasteiger partial charge is 0.429 e. The fourth-order valence-electron chi connectivity index (χ4n) is 3.71. The first-order valence-electron chi connectivity index (χ1n) is 11.5. The summed E-state index contributed by atoms with van der Waals surface area (Å²) >= 11 is 0. The van der Waals surface area contributed by atoms with E-state index in [4.69, 9.17) is 4.74 Å². The van der Waals surface area contributed by atoms with Crippen LogP contribution in [-0.4, -0.2) is 18.2 Å². The van der Waals surface area contributed by atoms with Gasteiger partial charge in [-0.3, -0.25) is 4.89 Å². The van der Waals surface area contributed by atoms with E-state index in [-0.39, 0.29) is 6.10 Å². The van der Waals surface area contributed by atoms with Gasteiger partial charge in [0.2, 0.25) is 0 Å². The number of unbranched alkanes of at least 4 members (excludes halogenated alkanes) is 1. The Morgan fingerprint density at radius 1 is 0.833 bits per heavy atom. The van der Waals surface area contributed by atoms with E-state index in [2.05, 4.69) is 21.7 Å². The quantitative estimate of drug-likeness (QED) is 0.273. The third-order valence-corrected chi connectivity index (χ3v) is 5.54. The van der Waals surface area contributed by atoms with E-state index in [1.165, 1.54) is 32.1 Å². The van der Waals surface area contributed by atoms with Crippen molar-refractivity contribution in [3.05, 3.63) is 35.4 Å². The predicted molar refractivity (Wildman–Crippen MR) is 114 cm³/mol. The summed E-state index contributed by atoms with van der Waals surface area (Å²) in [7, 11) is 0. The number of carbonyl (C=O) groups is 2. The first kappa shape index (κ1) is 24.2. The molecule has 1 aliphatic rings. The van der Waals surface area contributed by atoms with Gasteiger partial charge in [-0.15, -0.1) is 0 Å². The van der Waals surface area contributed by atoms with E-state index in [0.29, 0.717) is 5.56 Å². The molecule has 1 fully saturated rings. The van der Waals surface area contributed by atoms with Gasteiger partial charge in [-0.05, 0) is 56.2 Å². The molecule has 1 aromatic rings. The van der Waals surface area contributed by atoms with Crippen LogP contribution in [0.15, 0.2) is 24.3 Å². The van der Waals surface area contributed by atoms with Crippen LogP contribution in [0.2, 0.25) is 0 Å². The number of carbonyl (C=O) groups excluding carboxylic acids is 2. The third kappa shape index (κ3) is 10.1. The Balaban J connectivity index is 1.68. The van der Waals surface area contributed by atoms with Gasteiger partial charge in [-0.2, -0.15) is 0 Å². The summed E-state index contributed by atoms with van der Waals surface area (Å²) in [5.41, 5.74) is 1.48. The lowest BCUT2D eigenvalue weighted by Gasteiger charge is -2.17. The second-order valence-corrected chi connectivity index (χ2v) is 8.07. The van der Waals surface area contributed by atoms with Gasteiger partial charge in [-0.25, -0.2) is 14.5 Å². The van der Waals surface area contributed by atoms with Gasteiger partial charge in [0.1, 0.15) is 6.10 Å². The predicted octanol–water partition coefficient (Wildman–Crippen LogP) is 6.86. The minimum atomic E-state index is -0.977. The van der Waals surface area contributed by atoms with Gasteiger partial charge >= 0.3 is 12.1 Å². The average Bonchev–Trinajstić information content (AvgIpc) is 2.74. The summed E-state index contributed by atoms with van der Waals surface area (Å²) in [6.45, 7) is 2.14. The molecule has 0 unspecified atom stereocenters. The molecule has 0 saturated heterocycles. The molecule has 0 aliphatic heterocycles. The SMILES string of the molecule is CCCCc1ccc(C(=O)OOOC(=O)OC2CCCCCCCCCCC2)cc1. The maximum Gasteiger partial charge on any atom is 0.543 e. The van der Waals surface area contributed by atoms with E-state index >= 15 is 0 Å². The van der Waals surface area contributed by atoms with E-state index < -0.39 is 12.1 Å². The van der Waals surface area contributed by atoms with Gasteiger partial charge in [0, 0.05) is 0 Å². The lowest BCUT2D eigenvalue weighted by Crippen LogP contribution is -2.20. The van der Waals surface area contributed by atoms with Crippen LogP contribution in [0.1, 0.15) is 106 Å². The lowest BCUT2D eigenvalue weighted by molar-refractivity contribution is -0.453. The summed E-state index contributed by atoms with van der Waals surface area (Å²) in [5, 5.41) is 4.36. The highest BCUT2D eigenvalue weighted by molar-refractivity contribution is 5.88. The zero-order valence-corrected chi connectivity index (χ0v) is 18.2. The van der Waals surface area contributed by atoms with Crippen LogP contribution < -0.4 is 0 Å². The fraction of sp³-hybridized carbons (Fsp3) is 0.667. The van der Waals surface area contributed by atoms with Crippen molar-refractivity contribution in [2.24, 2.45) is 0 Å². The summed E-state index contributed by atoms with van der Waals surface area (Å²) in [5.74, 6) is -0.726. The van der Waals surface area contributed by atoms with Crippen LogP contribution in [0.4, 0.5) is 4.79 Å². The standard InChI is InChI=1S/C24H36O6/c1-2-3-13-20-16-18-21(19-17-20)23(25)28-30-29-24(26)27-22-14-11-9-7-5-4-6-8-10-12-15-22/h16-19,22H,2-15H2,1H3. The molecule has 0 radical (unpaired) electrons. The Kier molecular flexibility index (Phi) is 12.0. The first-order chi connectivity index (χ1) is 14.7. The molecule has 0 spiro atoms. The highest BCUT2D eigenvalue weighted by Gasteiger charge is 2.18. The summed E-state index contributed by atoms with van der Waals surface area (Å²) in [4.78, 5) is 32.9. The molecule has 0 N–H and O–H groups in total. The molecule has 1 aliphatic carbocycles. The van der Waals surface area contributed by atoms with Gasteiger partial charge in [0.05, 0.1) is 10.6 Å². The van der Waals surface area contributed by atoms with Crippen LogP contribution in [0.3, 0.4) is 0 Å². The van der Waals surface area contributed by atoms with E-state index in [1.54, 1.807) is 12.1 Å². The Morgan fingerprint density at radius 3 is 1.97 bits per heavy atom. The Labute approximate surface area is 180 Å². The number of rotatable bonds is 7. The molecular formula is C24H36O6. The second-order valence-electron chi connectivity index (χ2n) is 8.07. The maximum absolute atomic E-state index is 12.0. The highest BCUT2D eigenvalue weighted by Crippen LogP contribution is 2.19. The second kappa shape index (κ2) is 14.8. The van der Waals surface area contributed by atoms with Crippen LogP contribution >= 0.6 is 0 Å². The molecule has 168 valence electrons. The molecule has 6 heteroatoms. The van der Waals surface area contributed by atoms with Gasteiger partial charge in [-0.1, -0.05) is 70.4 Å². The summed E-state index contributed by atoms with van der Waals surface area (Å²) < 4.78 is 5.36. The minimum absolute atomic E-state index is 0.188. The van der Waals surface area contributed by atoms with Crippen LogP contribution in [0.25, 0.3) is 0 Å². The molecule has 0 bridgehead atoms. The van der Waals surface area contributed by atoms with E-state index in [1.807, 2.05) is 12.1 Å². The number of hydrogen-bond acceptors (Lipinski definition) is 6. The maximum atomic E-state index is 12.0. The van der Waals surface area contributed by atoms with E-state index in [0.717, 1.165) is 63.4 Å². The molecule has 1 saturated carbocycles. The third-order valence-electron chi connectivity index (χ3n) is 5.54. The molecule has 1 aromatic carbocycles. The molecule has 2 rings (SSSR count). The Morgan fingerprint density at radius 2 is 1.40 bits per heavy atom. The van der Waals surface area contributed by atoms with Crippen molar-refractivity contribution in [2.75, 3.05) is 0 Å². The average molecular weight is 421 g/mol. The van der Waals surface area contributed by atoms with Crippen molar-refractivity contribution >= 4 is 12.1 Å². The largest absolute Gasteiger partial charge is 0.543 e. The Bertz CT molecular complexity index is 601. The zero-order valence-electron chi connectivity index (χ0n) is 18.2. The molecule has 0 atom stereocenters.